The summed E-state index contributed by atoms with van der Waals surface area (Å²) < 4.78 is 10.9. The number of rotatable bonds is 2. The first-order chi connectivity index (χ1) is 6.42. The second-order valence-electron chi connectivity index (χ2n) is 2.91. The second-order valence-corrected chi connectivity index (χ2v) is 2.91. The Bertz CT molecular complexity index is 296. The SMILES string of the molecule is OCCc1cccc2c1OCCO2. The Labute approximate surface area is 76.9 Å². The quantitative estimate of drug-likeness (QED) is 0.737. The number of hydrogen-bond donors (Lipinski definition) is 1. The van der Waals surface area contributed by atoms with Gasteiger partial charge in [-0.15, -0.1) is 0 Å². The number of fused-ring (bicyclic) bond motifs is 1. The minimum atomic E-state index is 0.139. The van der Waals surface area contributed by atoms with Crippen molar-refractivity contribution in [2.24, 2.45) is 0 Å². The molecule has 0 fully saturated rings. The molecular weight excluding hydrogens is 168 g/mol. The Morgan fingerprint density at radius 3 is 2.92 bits per heavy atom. The van der Waals surface area contributed by atoms with Crippen molar-refractivity contribution in [1.29, 1.82) is 0 Å². The third kappa shape index (κ3) is 1.60. The lowest BCUT2D eigenvalue weighted by atomic mass is 10.1. The average Bonchev–Trinajstić information content (AvgIpc) is 2.19. The van der Waals surface area contributed by atoms with Crippen LogP contribution in [0.1, 0.15) is 5.56 Å². The predicted molar refractivity (Wildman–Crippen MR) is 48.2 cm³/mol. The number of aliphatic hydroxyl groups is 1. The molecule has 13 heavy (non-hydrogen) atoms. The van der Waals surface area contributed by atoms with Gasteiger partial charge in [-0.2, -0.15) is 0 Å². The summed E-state index contributed by atoms with van der Waals surface area (Å²) in [6.07, 6.45) is 0.618. The Balaban J connectivity index is 2.34. The van der Waals surface area contributed by atoms with E-state index in [0.717, 1.165) is 17.1 Å². The molecule has 2 rings (SSSR count). The molecule has 0 atom stereocenters. The zero-order valence-corrected chi connectivity index (χ0v) is 7.32. The van der Waals surface area contributed by atoms with E-state index in [1.165, 1.54) is 0 Å². The van der Waals surface area contributed by atoms with Crippen LogP contribution in [0.3, 0.4) is 0 Å². The van der Waals surface area contributed by atoms with E-state index < -0.39 is 0 Å². The summed E-state index contributed by atoms with van der Waals surface area (Å²) in [6.45, 7) is 1.34. The Morgan fingerprint density at radius 1 is 1.23 bits per heavy atom. The number of hydrogen-bond acceptors (Lipinski definition) is 3. The highest BCUT2D eigenvalue weighted by Gasteiger charge is 2.14. The maximum atomic E-state index is 8.82. The molecule has 3 heteroatoms. The fraction of sp³-hybridized carbons (Fsp3) is 0.400. The van der Waals surface area contributed by atoms with E-state index in [9.17, 15) is 0 Å². The van der Waals surface area contributed by atoms with Crippen LogP contribution in [-0.4, -0.2) is 24.9 Å². The second kappa shape index (κ2) is 3.66. The molecule has 1 aliphatic heterocycles. The first-order valence-corrected chi connectivity index (χ1v) is 4.40. The van der Waals surface area contributed by atoms with Gasteiger partial charge in [0.2, 0.25) is 0 Å². The molecule has 1 N–H and O–H groups in total. The zero-order valence-electron chi connectivity index (χ0n) is 7.32. The van der Waals surface area contributed by atoms with Crippen molar-refractivity contribution in [3.05, 3.63) is 23.8 Å². The van der Waals surface area contributed by atoms with Crippen LogP contribution < -0.4 is 9.47 Å². The Morgan fingerprint density at radius 2 is 2.08 bits per heavy atom. The molecule has 3 nitrogen and oxygen atoms in total. The van der Waals surface area contributed by atoms with Gasteiger partial charge in [0.1, 0.15) is 13.2 Å². The molecule has 0 unspecified atom stereocenters. The normalized spacial score (nSPS) is 14.2. The summed E-state index contributed by atoms with van der Waals surface area (Å²) in [4.78, 5) is 0. The number of para-hydroxylation sites is 1. The molecule has 0 saturated carbocycles. The lowest BCUT2D eigenvalue weighted by Crippen LogP contribution is -2.16. The fourth-order valence-electron chi connectivity index (χ4n) is 1.45. The summed E-state index contributed by atoms with van der Waals surface area (Å²) in [5, 5.41) is 8.82. The molecule has 0 bridgehead atoms. The van der Waals surface area contributed by atoms with Crippen LogP contribution in [0, 0.1) is 0 Å². The van der Waals surface area contributed by atoms with Crippen LogP contribution in [-0.2, 0) is 6.42 Å². The van der Waals surface area contributed by atoms with E-state index in [1.807, 2.05) is 18.2 Å². The van der Waals surface area contributed by atoms with E-state index in [0.29, 0.717) is 19.6 Å². The monoisotopic (exact) mass is 180 g/mol. The molecular formula is C10H12O3. The highest BCUT2D eigenvalue weighted by atomic mass is 16.6. The van der Waals surface area contributed by atoms with Gasteiger partial charge in [-0.05, 0) is 12.5 Å². The molecule has 1 aromatic carbocycles. The van der Waals surface area contributed by atoms with Crippen LogP contribution in [0.4, 0.5) is 0 Å². The van der Waals surface area contributed by atoms with Gasteiger partial charge < -0.3 is 14.6 Å². The van der Waals surface area contributed by atoms with Crippen LogP contribution in [0.25, 0.3) is 0 Å². The smallest absolute Gasteiger partial charge is 0.164 e. The molecule has 0 radical (unpaired) electrons. The highest BCUT2D eigenvalue weighted by molar-refractivity contribution is 5.47. The van der Waals surface area contributed by atoms with Crippen LogP contribution in [0.2, 0.25) is 0 Å². The van der Waals surface area contributed by atoms with E-state index in [-0.39, 0.29) is 6.61 Å². The third-order valence-corrected chi connectivity index (χ3v) is 2.03. The molecule has 0 amide bonds. The third-order valence-electron chi connectivity index (χ3n) is 2.03. The minimum absolute atomic E-state index is 0.139. The summed E-state index contributed by atoms with van der Waals surface area (Å²) in [7, 11) is 0. The summed E-state index contributed by atoms with van der Waals surface area (Å²) in [6, 6.07) is 5.75. The highest BCUT2D eigenvalue weighted by Crippen LogP contribution is 2.33. The van der Waals surface area contributed by atoms with E-state index in [2.05, 4.69) is 0 Å². The number of aliphatic hydroxyl groups excluding tert-OH is 1. The van der Waals surface area contributed by atoms with Crippen LogP contribution >= 0.6 is 0 Å². The van der Waals surface area contributed by atoms with E-state index in [1.54, 1.807) is 0 Å². The van der Waals surface area contributed by atoms with Crippen molar-refractivity contribution in [3.63, 3.8) is 0 Å². The largest absolute Gasteiger partial charge is 0.486 e. The number of benzene rings is 1. The topological polar surface area (TPSA) is 38.7 Å². The lowest BCUT2D eigenvalue weighted by molar-refractivity contribution is 0.169. The van der Waals surface area contributed by atoms with Gasteiger partial charge in [-0.1, -0.05) is 12.1 Å². The molecule has 70 valence electrons. The molecule has 0 aliphatic carbocycles. The molecule has 1 aromatic rings. The molecule has 0 spiro atoms. The summed E-state index contributed by atoms with van der Waals surface area (Å²) in [5.74, 6) is 1.58. The van der Waals surface area contributed by atoms with Crippen molar-refractivity contribution < 1.29 is 14.6 Å². The van der Waals surface area contributed by atoms with E-state index >= 15 is 0 Å². The lowest BCUT2D eigenvalue weighted by Gasteiger charge is -2.20. The fourth-order valence-corrected chi connectivity index (χ4v) is 1.45. The first kappa shape index (κ1) is 8.38. The molecule has 1 heterocycles. The molecule has 0 aromatic heterocycles. The standard InChI is InChI=1S/C10H12O3/c11-5-4-8-2-1-3-9-10(8)13-7-6-12-9/h1-3,11H,4-7H2. The van der Waals surface area contributed by atoms with Gasteiger partial charge >= 0.3 is 0 Å². The van der Waals surface area contributed by atoms with Crippen LogP contribution in [0.5, 0.6) is 11.5 Å². The maximum absolute atomic E-state index is 8.82. The van der Waals surface area contributed by atoms with Crippen molar-refractivity contribution >= 4 is 0 Å². The summed E-state index contributed by atoms with van der Waals surface area (Å²) >= 11 is 0. The van der Waals surface area contributed by atoms with Gasteiger partial charge in [0.15, 0.2) is 11.5 Å². The van der Waals surface area contributed by atoms with Gasteiger partial charge in [-0.3, -0.25) is 0 Å². The van der Waals surface area contributed by atoms with Gasteiger partial charge in [0, 0.05) is 12.2 Å². The Kier molecular flexibility index (Phi) is 2.36. The van der Waals surface area contributed by atoms with E-state index in [4.69, 9.17) is 14.6 Å². The minimum Gasteiger partial charge on any atom is -0.486 e. The van der Waals surface area contributed by atoms with Crippen molar-refractivity contribution in [2.75, 3.05) is 19.8 Å². The molecule has 1 aliphatic rings. The zero-order chi connectivity index (χ0) is 9.10. The van der Waals surface area contributed by atoms with Crippen LogP contribution in [0.15, 0.2) is 18.2 Å². The predicted octanol–water partition coefficient (Wildman–Crippen LogP) is 0.993. The summed E-state index contributed by atoms with van der Waals surface area (Å²) in [5.41, 5.74) is 1.01. The van der Waals surface area contributed by atoms with Crippen molar-refractivity contribution in [2.45, 2.75) is 6.42 Å². The maximum Gasteiger partial charge on any atom is 0.164 e. The van der Waals surface area contributed by atoms with Crippen molar-refractivity contribution in [1.82, 2.24) is 0 Å². The van der Waals surface area contributed by atoms with Gasteiger partial charge in [0.25, 0.3) is 0 Å². The van der Waals surface area contributed by atoms with Gasteiger partial charge in [0.05, 0.1) is 0 Å². The Hall–Kier alpha value is -1.22. The average molecular weight is 180 g/mol. The molecule has 0 saturated heterocycles. The van der Waals surface area contributed by atoms with Crippen molar-refractivity contribution in [3.8, 4) is 11.5 Å². The van der Waals surface area contributed by atoms with Gasteiger partial charge in [-0.25, -0.2) is 0 Å². The first-order valence-electron chi connectivity index (χ1n) is 4.40. The number of ether oxygens (including phenoxy) is 2.